The lowest BCUT2D eigenvalue weighted by molar-refractivity contribution is -0.130. The van der Waals surface area contributed by atoms with Crippen molar-refractivity contribution < 1.29 is 27.8 Å². The predicted molar refractivity (Wildman–Crippen MR) is 143 cm³/mol. The first kappa shape index (κ1) is 27.8. The minimum Gasteiger partial charge on any atom is -0.490 e. The van der Waals surface area contributed by atoms with E-state index in [4.69, 9.17) is 9.47 Å². The zero-order valence-corrected chi connectivity index (χ0v) is 23.1. The van der Waals surface area contributed by atoms with Gasteiger partial charge in [-0.15, -0.1) is 0 Å². The van der Waals surface area contributed by atoms with Gasteiger partial charge in [0, 0.05) is 55.8 Å². The van der Waals surface area contributed by atoms with Gasteiger partial charge in [-0.05, 0) is 58.1 Å². The molecule has 5 rings (SSSR count). The zero-order valence-electron chi connectivity index (χ0n) is 23.1. The summed E-state index contributed by atoms with van der Waals surface area (Å²) in [6.07, 6.45) is 5.41. The fraction of sp³-hybridized carbons (Fsp3) is 0.600. The van der Waals surface area contributed by atoms with E-state index in [1.807, 2.05) is 45.0 Å². The molecule has 39 heavy (non-hydrogen) atoms. The van der Waals surface area contributed by atoms with Crippen LogP contribution in [0.3, 0.4) is 0 Å². The number of halogens is 2. The summed E-state index contributed by atoms with van der Waals surface area (Å²) in [5.41, 5.74) is 2.91. The first-order valence-electron chi connectivity index (χ1n) is 13.9. The number of alkyl halides is 2. The molecule has 1 aromatic heterocycles. The van der Waals surface area contributed by atoms with Crippen molar-refractivity contribution in [1.82, 2.24) is 14.8 Å². The summed E-state index contributed by atoms with van der Waals surface area (Å²) in [6.45, 7) is 5.90. The number of pyridine rings is 1. The normalized spacial score (nSPS) is 20.9. The van der Waals surface area contributed by atoms with Crippen LogP contribution in [0.2, 0.25) is 0 Å². The fourth-order valence-electron chi connectivity index (χ4n) is 6.17. The van der Waals surface area contributed by atoms with Gasteiger partial charge in [0.25, 0.3) is 0 Å². The van der Waals surface area contributed by atoms with E-state index in [9.17, 15) is 13.6 Å². The number of amides is 1. The Morgan fingerprint density at radius 1 is 1.15 bits per heavy atom. The summed E-state index contributed by atoms with van der Waals surface area (Å²) in [5, 5.41) is 0. The summed E-state index contributed by atoms with van der Waals surface area (Å²) >= 11 is 0. The Kier molecular flexibility index (Phi) is 8.10. The van der Waals surface area contributed by atoms with Crippen LogP contribution >= 0.6 is 0 Å². The van der Waals surface area contributed by atoms with E-state index >= 15 is 0 Å². The van der Waals surface area contributed by atoms with Gasteiger partial charge in [0.05, 0.1) is 12.3 Å². The number of hydrogen-bond donors (Lipinski definition) is 0. The topological polar surface area (TPSA) is 64.1 Å². The molecule has 0 radical (unpaired) electrons. The highest BCUT2D eigenvalue weighted by Crippen LogP contribution is 2.51. The lowest BCUT2D eigenvalue weighted by atomic mass is 9.62. The largest absolute Gasteiger partial charge is 0.490 e. The van der Waals surface area contributed by atoms with Gasteiger partial charge >= 0.3 is 12.7 Å². The molecule has 1 saturated carbocycles. The average Bonchev–Trinajstić information content (AvgIpc) is 2.82. The fourth-order valence-corrected chi connectivity index (χ4v) is 6.17. The number of ether oxygens (including phenoxy) is 3. The Morgan fingerprint density at radius 3 is 2.59 bits per heavy atom. The smallest absolute Gasteiger partial charge is 0.410 e. The molecule has 1 saturated heterocycles. The van der Waals surface area contributed by atoms with Crippen LogP contribution in [-0.4, -0.2) is 65.4 Å². The zero-order chi connectivity index (χ0) is 27.6. The van der Waals surface area contributed by atoms with Gasteiger partial charge < -0.3 is 19.1 Å². The summed E-state index contributed by atoms with van der Waals surface area (Å²) < 4.78 is 41.8. The molecular formula is C30H39F2N3O4. The monoisotopic (exact) mass is 543 g/mol. The van der Waals surface area contributed by atoms with Crippen LogP contribution in [0.25, 0.3) is 0 Å². The van der Waals surface area contributed by atoms with Crippen LogP contribution in [0.5, 0.6) is 5.75 Å². The lowest BCUT2D eigenvalue weighted by Gasteiger charge is -2.58. The molecule has 9 heteroatoms. The van der Waals surface area contributed by atoms with E-state index in [1.165, 1.54) is 5.56 Å². The van der Waals surface area contributed by atoms with E-state index in [1.54, 1.807) is 11.1 Å². The number of fused-ring (bicyclic) bond motifs is 1. The van der Waals surface area contributed by atoms with Crippen molar-refractivity contribution in [3.8, 4) is 5.75 Å². The van der Waals surface area contributed by atoms with E-state index in [-0.39, 0.29) is 30.3 Å². The van der Waals surface area contributed by atoms with Gasteiger partial charge in [-0.25, -0.2) is 4.79 Å². The lowest BCUT2D eigenvalue weighted by Crippen LogP contribution is -2.66. The molecule has 3 aliphatic rings. The van der Waals surface area contributed by atoms with Crippen molar-refractivity contribution in [2.24, 2.45) is 5.41 Å². The average molecular weight is 544 g/mol. The number of rotatable bonds is 9. The van der Waals surface area contributed by atoms with Crippen molar-refractivity contribution >= 4 is 6.09 Å². The second-order valence-electron chi connectivity index (χ2n) is 12.1. The highest BCUT2D eigenvalue weighted by Gasteiger charge is 2.55. The Bertz CT molecular complexity index is 1130. The van der Waals surface area contributed by atoms with Gasteiger partial charge in [0.2, 0.25) is 0 Å². The maximum atomic E-state index is 12.6. The molecule has 0 bridgehead atoms. The van der Waals surface area contributed by atoms with E-state index in [0.29, 0.717) is 25.9 Å². The quantitative estimate of drug-likeness (QED) is 0.363. The second-order valence-corrected chi connectivity index (χ2v) is 12.1. The number of aromatic nitrogens is 1. The first-order chi connectivity index (χ1) is 18.6. The van der Waals surface area contributed by atoms with Gasteiger partial charge in [-0.1, -0.05) is 30.3 Å². The number of benzene rings is 1. The number of carbonyl (C=O) groups is 1. The van der Waals surface area contributed by atoms with Gasteiger partial charge in [-0.2, -0.15) is 8.78 Å². The van der Waals surface area contributed by atoms with Crippen molar-refractivity contribution in [1.29, 1.82) is 0 Å². The molecule has 1 unspecified atom stereocenters. The Morgan fingerprint density at radius 2 is 1.90 bits per heavy atom. The second kappa shape index (κ2) is 11.4. The molecule has 1 spiro atoms. The van der Waals surface area contributed by atoms with E-state index < -0.39 is 12.2 Å². The predicted octanol–water partition coefficient (Wildman–Crippen LogP) is 5.98. The highest BCUT2D eigenvalue weighted by molar-refractivity contribution is 5.69. The summed E-state index contributed by atoms with van der Waals surface area (Å²) in [6, 6.07) is 12.2. The van der Waals surface area contributed by atoms with Gasteiger partial charge in [0.15, 0.2) is 0 Å². The van der Waals surface area contributed by atoms with E-state index in [0.717, 1.165) is 49.4 Å². The molecule has 2 aliphatic heterocycles. The van der Waals surface area contributed by atoms with Crippen LogP contribution in [0, 0.1) is 5.41 Å². The van der Waals surface area contributed by atoms with E-state index in [2.05, 4.69) is 26.8 Å². The maximum Gasteiger partial charge on any atom is 0.410 e. The Hall–Kier alpha value is -2.78. The van der Waals surface area contributed by atoms with Crippen LogP contribution in [-0.2, 0) is 22.4 Å². The van der Waals surface area contributed by atoms with Gasteiger partial charge in [0.1, 0.15) is 17.5 Å². The maximum absolute atomic E-state index is 12.6. The van der Waals surface area contributed by atoms with Crippen LogP contribution in [0.1, 0.15) is 69.3 Å². The molecular weight excluding hydrogens is 504 g/mol. The summed E-state index contributed by atoms with van der Waals surface area (Å²) in [5.74, 6) is 0.834. The Balaban J connectivity index is 1.25. The molecule has 2 aromatic rings. The SMILES string of the molecule is CC(C)(C)OC(=O)N1CC2(CC(Oc3ccnc4c3C(CCCOC(F)F)N(Cc3ccccc3)CC4)C2)C1. The number of nitrogens with zero attached hydrogens (tertiary/aromatic N) is 3. The first-order valence-corrected chi connectivity index (χ1v) is 13.9. The molecule has 212 valence electrons. The molecule has 2 fully saturated rings. The minimum absolute atomic E-state index is 0.000622. The molecule has 0 N–H and O–H groups in total. The summed E-state index contributed by atoms with van der Waals surface area (Å²) in [7, 11) is 0. The standard InChI is InChI=1S/C30H39F2N3O4/c1-29(2,3)39-28(36)35-19-30(20-35)16-22(17-30)38-25-11-13-33-23-12-14-34(18-21-8-5-4-6-9-21)24(26(23)25)10-7-15-37-27(31)32/h4-6,8-9,11,13,22,24,27H,7,10,12,14-20H2,1-3H3. The number of likely N-dealkylation sites (tertiary alicyclic amines) is 1. The van der Waals surface area contributed by atoms with Crippen LogP contribution in [0.4, 0.5) is 13.6 Å². The molecule has 1 atom stereocenters. The molecule has 1 amide bonds. The molecule has 3 heterocycles. The molecule has 7 nitrogen and oxygen atoms in total. The molecule has 1 aromatic carbocycles. The van der Waals surface area contributed by atoms with Crippen molar-refractivity contribution in [2.45, 2.75) is 83.8 Å². The number of hydrogen-bond acceptors (Lipinski definition) is 6. The minimum atomic E-state index is -2.76. The van der Waals surface area contributed by atoms with Crippen LogP contribution in [0.15, 0.2) is 42.6 Å². The summed E-state index contributed by atoms with van der Waals surface area (Å²) in [4.78, 5) is 21.2. The van der Waals surface area contributed by atoms with Crippen LogP contribution < -0.4 is 4.74 Å². The van der Waals surface area contributed by atoms with Gasteiger partial charge in [-0.3, -0.25) is 9.88 Å². The van der Waals surface area contributed by atoms with Crippen molar-refractivity contribution in [2.75, 3.05) is 26.2 Å². The molecule has 1 aliphatic carbocycles. The highest BCUT2D eigenvalue weighted by atomic mass is 19.3. The van der Waals surface area contributed by atoms with Crippen molar-refractivity contribution in [3.63, 3.8) is 0 Å². The third kappa shape index (κ3) is 6.69. The third-order valence-electron chi connectivity index (χ3n) is 7.86. The Labute approximate surface area is 229 Å². The third-order valence-corrected chi connectivity index (χ3v) is 7.86. The van der Waals surface area contributed by atoms with Crippen molar-refractivity contribution in [3.05, 3.63) is 59.4 Å². The number of carbonyl (C=O) groups excluding carboxylic acids is 1.